The fraction of sp³-hybridized carbons (Fsp3) is 0.125. The van der Waals surface area contributed by atoms with Gasteiger partial charge in [0, 0.05) is 0 Å². The van der Waals surface area contributed by atoms with Crippen molar-refractivity contribution in [3.63, 3.8) is 0 Å². The Morgan fingerprint density at radius 3 is 2.75 bits per heavy atom. The first-order valence-electron chi connectivity index (χ1n) is 3.18. The number of halogens is 2. The number of aliphatic imine (C=N–C) groups is 1. The van der Waals surface area contributed by atoms with Crippen LogP contribution in [0.2, 0.25) is 5.02 Å². The standard InChI is InChI=1S/C8H5ClFNO/c1-5-2-6(9)8(11-4-12)7(10)3-5/h2-3H,1H3. The summed E-state index contributed by atoms with van der Waals surface area (Å²) < 4.78 is 12.9. The van der Waals surface area contributed by atoms with Gasteiger partial charge in [0.2, 0.25) is 6.08 Å². The van der Waals surface area contributed by atoms with Crippen molar-refractivity contribution < 1.29 is 9.18 Å². The van der Waals surface area contributed by atoms with Crippen molar-refractivity contribution in [2.45, 2.75) is 6.92 Å². The van der Waals surface area contributed by atoms with E-state index in [-0.39, 0.29) is 10.7 Å². The highest BCUT2D eigenvalue weighted by Crippen LogP contribution is 2.28. The molecule has 4 heteroatoms. The van der Waals surface area contributed by atoms with E-state index in [2.05, 4.69) is 4.99 Å². The average Bonchev–Trinajstić information content (AvgIpc) is 1.96. The first kappa shape index (κ1) is 8.91. The number of isocyanates is 1. The molecule has 0 fully saturated rings. The predicted molar refractivity (Wildman–Crippen MR) is 43.9 cm³/mol. The smallest absolute Gasteiger partial charge is 0.211 e. The van der Waals surface area contributed by atoms with Crippen molar-refractivity contribution >= 4 is 23.4 Å². The van der Waals surface area contributed by atoms with E-state index in [1.54, 1.807) is 6.92 Å². The summed E-state index contributed by atoms with van der Waals surface area (Å²) in [6, 6.07) is 2.78. The molecule has 0 amide bonds. The molecular formula is C8H5ClFNO. The van der Waals surface area contributed by atoms with E-state index in [4.69, 9.17) is 11.6 Å². The van der Waals surface area contributed by atoms with E-state index in [0.29, 0.717) is 5.56 Å². The normalized spacial score (nSPS) is 9.25. The maximum atomic E-state index is 12.9. The summed E-state index contributed by atoms with van der Waals surface area (Å²) in [4.78, 5) is 13.0. The topological polar surface area (TPSA) is 29.4 Å². The molecule has 1 aromatic carbocycles. The summed E-state index contributed by atoms with van der Waals surface area (Å²) in [5.74, 6) is -0.608. The van der Waals surface area contributed by atoms with Crippen LogP contribution >= 0.6 is 11.6 Å². The molecule has 0 aliphatic heterocycles. The minimum atomic E-state index is -0.608. The van der Waals surface area contributed by atoms with Crippen LogP contribution in [0.3, 0.4) is 0 Å². The molecule has 0 saturated carbocycles. The summed E-state index contributed by atoms with van der Waals surface area (Å²) in [5, 5.41) is 0.121. The SMILES string of the molecule is Cc1cc(F)c(N=C=O)c(Cl)c1. The number of nitrogens with zero attached hydrogens (tertiary/aromatic N) is 1. The molecule has 1 rings (SSSR count). The minimum Gasteiger partial charge on any atom is -0.211 e. The lowest BCUT2D eigenvalue weighted by Crippen LogP contribution is -1.80. The lowest BCUT2D eigenvalue weighted by molar-refractivity contribution is 0.564. The van der Waals surface area contributed by atoms with Crippen molar-refractivity contribution in [2.75, 3.05) is 0 Å². The Morgan fingerprint density at radius 1 is 1.58 bits per heavy atom. The summed E-state index contributed by atoms with van der Waals surface area (Å²) in [5.41, 5.74) is 0.527. The molecule has 12 heavy (non-hydrogen) atoms. The van der Waals surface area contributed by atoms with Gasteiger partial charge < -0.3 is 0 Å². The van der Waals surface area contributed by atoms with Gasteiger partial charge in [-0.15, -0.1) is 0 Å². The first-order valence-corrected chi connectivity index (χ1v) is 3.56. The molecule has 0 heterocycles. The second kappa shape index (κ2) is 3.48. The Balaban J connectivity index is 3.37. The van der Waals surface area contributed by atoms with Crippen LogP contribution < -0.4 is 0 Å². The fourth-order valence-electron chi connectivity index (χ4n) is 0.845. The highest BCUT2D eigenvalue weighted by atomic mass is 35.5. The summed E-state index contributed by atoms with van der Waals surface area (Å²) in [6.45, 7) is 1.70. The summed E-state index contributed by atoms with van der Waals surface area (Å²) in [7, 11) is 0. The second-order valence-corrected chi connectivity index (χ2v) is 2.69. The molecule has 0 saturated heterocycles. The molecule has 1 aromatic rings. The zero-order valence-electron chi connectivity index (χ0n) is 6.27. The number of aryl methyl sites for hydroxylation is 1. The number of rotatable bonds is 1. The van der Waals surface area contributed by atoms with Crippen LogP contribution in [0.25, 0.3) is 0 Å². The summed E-state index contributed by atoms with van der Waals surface area (Å²) >= 11 is 5.60. The molecule has 0 atom stereocenters. The zero-order valence-corrected chi connectivity index (χ0v) is 7.02. The Labute approximate surface area is 73.7 Å². The van der Waals surface area contributed by atoms with Crippen LogP contribution in [-0.2, 0) is 4.79 Å². The lowest BCUT2D eigenvalue weighted by Gasteiger charge is -1.99. The highest BCUT2D eigenvalue weighted by molar-refractivity contribution is 6.33. The van der Waals surface area contributed by atoms with Gasteiger partial charge in [-0.05, 0) is 24.6 Å². The van der Waals surface area contributed by atoms with Crippen LogP contribution in [0.15, 0.2) is 17.1 Å². The largest absolute Gasteiger partial charge is 0.240 e. The van der Waals surface area contributed by atoms with Gasteiger partial charge in [-0.3, -0.25) is 0 Å². The van der Waals surface area contributed by atoms with Crippen molar-refractivity contribution in [2.24, 2.45) is 4.99 Å². The molecule has 62 valence electrons. The quantitative estimate of drug-likeness (QED) is 0.489. The molecule has 0 radical (unpaired) electrons. The van der Waals surface area contributed by atoms with Crippen LogP contribution in [0, 0.1) is 12.7 Å². The van der Waals surface area contributed by atoms with E-state index >= 15 is 0 Å². The number of hydrogen-bond donors (Lipinski definition) is 0. The molecule has 0 bridgehead atoms. The number of hydrogen-bond acceptors (Lipinski definition) is 2. The molecule has 0 N–H and O–H groups in total. The van der Waals surface area contributed by atoms with Crippen LogP contribution in [0.5, 0.6) is 0 Å². The van der Waals surface area contributed by atoms with Gasteiger partial charge in [-0.1, -0.05) is 11.6 Å². The van der Waals surface area contributed by atoms with Crippen molar-refractivity contribution in [3.8, 4) is 0 Å². The van der Waals surface area contributed by atoms with E-state index in [1.807, 2.05) is 0 Å². The van der Waals surface area contributed by atoms with Gasteiger partial charge in [-0.2, -0.15) is 4.99 Å². The lowest BCUT2D eigenvalue weighted by atomic mass is 10.2. The third-order valence-electron chi connectivity index (χ3n) is 1.32. The minimum absolute atomic E-state index is 0.121. The van der Waals surface area contributed by atoms with Crippen LogP contribution in [0.4, 0.5) is 10.1 Å². The van der Waals surface area contributed by atoms with E-state index in [1.165, 1.54) is 18.2 Å². The Hall–Kier alpha value is -1.18. The Kier molecular flexibility index (Phi) is 2.58. The molecule has 0 spiro atoms. The molecular weight excluding hydrogens is 181 g/mol. The summed E-state index contributed by atoms with van der Waals surface area (Å²) in [6.07, 6.45) is 1.24. The van der Waals surface area contributed by atoms with Gasteiger partial charge in [-0.25, -0.2) is 9.18 Å². The van der Waals surface area contributed by atoms with Gasteiger partial charge >= 0.3 is 0 Å². The predicted octanol–water partition coefficient (Wildman–Crippen LogP) is 2.75. The zero-order chi connectivity index (χ0) is 9.14. The number of benzene rings is 1. The Morgan fingerprint density at radius 2 is 2.25 bits per heavy atom. The van der Waals surface area contributed by atoms with E-state index < -0.39 is 5.82 Å². The maximum absolute atomic E-state index is 12.9. The first-order chi connectivity index (χ1) is 5.65. The maximum Gasteiger partial charge on any atom is 0.240 e. The third-order valence-corrected chi connectivity index (χ3v) is 1.61. The monoisotopic (exact) mass is 185 g/mol. The third kappa shape index (κ3) is 1.70. The molecule has 0 aliphatic carbocycles. The van der Waals surface area contributed by atoms with Crippen molar-refractivity contribution in [3.05, 3.63) is 28.5 Å². The Bertz CT molecular complexity index is 335. The van der Waals surface area contributed by atoms with Crippen LogP contribution in [0.1, 0.15) is 5.56 Å². The molecule has 2 nitrogen and oxygen atoms in total. The second-order valence-electron chi connectivity index (χ2n) is 2.28. The average molecular weight is 186 g/mol. The van der Waals surface area contributed by atoms with E-state index in [9.17, 15) is 9.18 Å². The van der Waals surface area contributed by atoms with Gasteiger partial charge in [0.25, 0.3) is 0 Å². The van der Waals surface area contributed by atoms with Gasteiger partial charge in [0.05, 0.1) is 5.02 Å². The van der Waals surface area contributed by atoms with Gasteiger partial charge in [0.1, 0.15) is 5.69 Å². The molecule has 0 unspecified atom stereocenters. The van der Waals surface area contributed by atoms with Crippen molar-refractivity contribution in [1.29, 1.82) is 0 Å². The van der Waals surface area contributed by atoms with Gasteiger partial charge in [0.15, 0.2) is 5.82 Å². The molecule has 0 aliphatic rings. The van der Waals surface area contributed by atoms with E-state index in [0.717, 1.165) is 0 Å². The highest BCUT2D eigenvalue weighted by Gasteiger charge is 2.06. The number of carbonyl (C=O) groups excluding carboxylic acids is 1. The fourth-order valence-corrected chi connectivity index (χ4v) is 1.15. The van der Waals surface area contributed by atoms with Crippen LogP contribution in [-0.4, -0.2) is 6.08 Å². The van der Waals surface area contributed by atoms with Crippen molar-refractivity contribution in [1.82, 2.24) is 0 Å². The molecule has 0 aromatic heterocycles.